The van der Waals surface area contributed by atoms with E-state index in [4.69, 9.17) is 4.74 Å². The third-order valence-corrected chi connectivity index (χ3v) is 5.62. The van der Waals surface area contributed by atoms with E-state index in [0.717, 1.165) is 11.1 Å². The summed E-state index contributed by atoms with van der Waals surface area (Å²) in [6, 6.07) is 7.24. The second-order valence-electron chi connectivity index (χ2n) is 7.56. The molecule has 0 radical (unpaired) electrons. The Hall–Kier alpha value is -4.48. The number of fused-ring (bicyclic) bond motifs is 1. The lowest BCUT2D eigenvalue weighted by molar-refractivity contribution is -0.386. The van der Waals surface area contributed by atoms with Crippen LogP contribution in [0.4, 0.5) is 17.3 Å². The number of nitro groups is 1. The third kappa shape index (κ3) is 3.71. The van der Waals surface area contributed by atoms with E-state index in [1.54, 1.807) is 13.0 Å². The number of tetrazole rings is 1. The van der Waals surface area contributed by atoms with Gasteiger partial charge in [0.25, 0.3) is 5.91 Å². The van der Waals surface area contributed by atoms with Crippen molar-refractivity contribution in [3.05, 3.63) is 68.4 Å². The van der Waals surface area contributed by atoms with Crippen molar-refractivity contribution >= 4 is 23.2 Å². The highest BCUT2D eigenvalue weighted by molar-refractivity contribution is 6.06. The van der Waals surface area contributed by atoms with Crippen LogP contribution in [0.15, 0.2) is 41.6 Å². The number of aryl methyl sites for hydroxylation is 1. The van der Waals surface area contributed by atoms with Crippen molar-refractivity contribution in [2.75, 3.05) is 17.7 Å². The van der Waals surface area contributed by atoms with Crippen LogP contribution in [0.25, 0.3) is 0 Å². The molecule has 33 heavy (non-hydrogen) atoms. The standard InChI is InChI=1S/C21H21N7O5/c1-10-6-5-7-14(11(10)2)23-20(30)17-12(3)22-21-24-25-26-27(21)18(17)13-8-15(28(31)32)19(29)16(9-13)33-4/h5-9,18,29H,1-4H3,(H,23,30)(H,22,24,26). The highest BCUT2D eigenvalue weighted by Gasteiger charge is 2.36. The molecule has 3 N–H and O–H groups in total. The summed E-state index contributed by atoms with van der Waals surface area (Å²) in [7, 11) is 1.28. The number of aromatic hydroxyl groups is 1. The maximum absolute atomic E-state index is 13.5. The quantitative estimate of drug-likeness (QED) is 0.392. The number of nitro benzene ring substituents is 1. The van der Waals surface area contributed by atoms with Crippen LogP contribution < -0.4 is 15.4 Å². The number of nitrogens with zero attached hydrogens (tertiary/aromatic N) is 5. The zero-order chi connectivity index (χ0) is 23.9. The van der Waals surface area contributed by atoms with Crippen molar-refractivity contribution in [3.63, 3.8) is 0 Å². The van der Waals surface area contributed by atoms with Gasteiger partial charge in [-0.05, 0) is 60.0 Å². The first-order chi connectivity index (χ1) is 15.7. The smallest absolute Gasteiger partial charge is 0.315 e. The summed E-state index contributed by atoms with van der Waals surface area (Å²) in [6.07, 6.45) is 0. The van der Waals surface area contributed by atoms with Gasteiger partial charge in [0, 0.05) is 17.5 Å². The molecule has 1 aliphatic rings. The predicted octanol–water partition coefficient (Wildman–Crippen LogP) is 2.84. The van der Waals surface area contributed by atoms with Gasteiger partial charge in [-0.1, -0.05) is 17.2 Å². The van der Waals surface area contributed by atoms with Gasteiger partial charge in [-0.25, -0.2) is 0 Å². The van der Waals surface area contributed by atoms with Crippen molar-refractivity contribution in [1.29, 1.82) is 0 Å². The molecule has 0 spiro atoms. The Morgan fingerprint density at radius 1 is 1.30 bits per heavy atom. The molecule has 0 bridgehead atoms. The van der Waals surface area contributed by atoms with Crippen LogP contribution in [-0.2, 0) is 4.79 Å². The molecule has 1 atom stereocenters. The normalized spacial score (nSPS) is 15.0. The van der Waals surface area contributed by atoms with E-state index in [2.05, 4.69) is 26.2 Å². The molecule has 0 fully saturated rings. The van der Waals surface area contributed by atoms with Gasteiger partial charge in [-0.15, -0.1) is 0 Å². The van der Waals surface area contributed by atoms with E-state index >= 15 is 0 Å². The maximum atomic E-state index is 13.5. The van der Waals surface area contributed by atoms with Gasteiger partial charge >= 0.3 is 5.69 Å². The van der Waals surface area contributed by atoms with Crippen LogP contribution in [0.1, 0.15) is 29.7 Å². The molecule has 1 unspecified atom stereocenters. The van der Waals surface area contributed by atoms with Crippen LogP contribution in [0.2, 0.25) is 0 Å². The Balaban J connectivity index is 1.86. The van der Waals surface area contributed by atoms with Gasteiger partial charge in [0.1, 0.15) is 6.04 Å². The SMILES string of the molecule is COc1cc(C2C(C(=O)Nc3cccc(C)c3C)=C(C)Nc3nnnn32)cc([N+](=O)[O-])c1O. The van der Waals surface area contributed by atoms with E-state index in [0.29, 0.717) is 11.4 Å². The fourth-order valence-corrected chi connectivity index (χ4v) is 3.76. The van der Waals surface area contributed by atoms with Crippen LogP contribution in [0, 0.1) is 24.0 Å². The number of amides is 1. The first-order valence-corrected chi connectivity index (χ1v) is 9.91. The van der Waals surface area contributed by atoms with Crippen molar-refractivity contribution < 1.29 is 19.6 Å². The zero-order valence-corrected chi connectivity index (χ0v) is 18.3. The molecule has 12 nitrogen and oxygen atoms in total. The second kappa shape index (κ2) is 8.22. The Morgan fingerprint density at radius 2 is 2.06 bits per heavy atom. The van der Waals surface area contributed by atoms with Gasteiger partial charge in [0.15, 0.2) is 5.75 Å². The number of carbonyl (C=O) groups excluding carboxylic acids is 1. The van der Waals surface area contributed by atoms with Crippen LogP contribution in [0.5, 0.6) is 11.5 Å². The van der Waals surface area contributed by atoms with E-state index < -0.39 is 28.3 Å². The summed E-state index contributed by atoms with van der Waals surface area (Å²) < 4.78 is 6.48. The Bertz CT molecular complexity index is 1310. The average Bonchev–Trinajstić information content (AvgIpc) is 3.24. The summed E-state index contributed by atoms with van der Waals surface area (Å²) in [5.41, 5.74) is 3.00. The number of hydrogen-bond acceptors (Lipinski definition) is 9. The van der Waals surface area contributed by atoms with Crippen LogP contribution in [0.3, 0.4) is 0 Å². The maximum Gasteiger partial charge on any atom is 0.315 e. The zero-order valence-electron chi connectivity index (χ0n) is 18.3. The summed E-state index contributed by atoms with van der Waals surface area (Å²) in [4.78, 5) is 24.3. The minimum Gasteiger partial charge on any atom is -0.500 e. The van der Waals surface area contributed by atoms with Gasteiger partial charge in [0.2, 0.25) is 11.7 Å². The van der Waals surface area contributed by atoms with Gasteiger partial charge < -0.3 is 20.5 Å². The number of carbonyl (C=O) groups is 1. The van der Waals surface area contributed by atoms with E-state index in [1.807, 2.05) is 26.0 Å². The average molecular weight is 451 g/mol. The summed E-state index contributed by atoms with van der Waals surface area (Å²) in [5, 5.41) is 39.2. The molecular weight excluding hydrogens is 430 g/mol. The molecule has 2 aromatic carbocycles. The third-order valence-electron chi connectivity index (χ3n) is 5.62. The number of hydrogen-bond donors (Lipinski definition) is 3. The molecule has 12 heteroatoms. The summed E-state index contributed by atoms with van der Waals surface area (Å²) >= 11 is 0. The van der Waals surface area contributed by atoms with Crippen LogP contribution in [-0.4, -0.2) is 43.3 Å². The lowest BCUT2D eigenvalue weighted by Crippen LogP contribution is -2.31. The van der Waals surface area contributed by atoms with Crippen molar-refractivity contribution in [3.8, 4) is 11.5 Å². The number of anilines is 2. The monoisotopic (exact) mass is 451 g/mol. The topological polar surface area (TPSA) is 157 Å². The van der Waals surface area contributed by atoms with Crippen LogP contribution >= 0.6 is 0 Å². The molecule has 4 rings (SSSR count). The fourth-order valence-electron chi connectivity index (χ4n) is 3.76. The Kier molecular flexibility index (Phi) is 5.42. The molecule has 1 amide bonds. The van der Waals surface area contributed by atoms with Crippen molar-refractivity contribution in [2.45, 2.75) is 26.8 Å². The minimum absolute atomic E-state index is 0.112. The number of rotatable bonds is 5. The fraction of sp³-hybridized carbons (Fsp3) is 0.238. The highest BCUT2D eigenvalue weighted by Crippen LogP contribution is 2.43. The Labute approximate surface area is 188 Å². The van der Waals surface area contributed by atoms with Gasteiger partial charge in [-0.2, -0.15) is 4.68 Å². The molecule has 1 aromatic heterocycles. The Morgan fingerprint density at radius 3 is 2.76 bits per heavy atom. The number of phenolic OH excluding ortho intramolecular Hbond substituents is 1. The lowest BCUT2D eigenvalue weighted by Gasteiger charge is -2.28. The molecule has 3 aromatic rings. The van der Waals surface area contributed by atoms with Crippen molar-refractivity contribution in [1.82, 2.24) is 20.2 Å². The van der Waals surface area contributed by atoms with Crippen molar-refractivity contribution in [2.24, 2.45) is 0 Å². The van der Waals surface area contributed by atoms with Gasteiger partial charge in [0.05, 0.1) is 17.6 Å². The highest BCUT2D eigenvalue weighted by atomic mass is 16.6. The molecule has 2 heterocycles. The summed E-state index contributed by atoms with van der Waals surface area (Å²) in [5.74, 6) is -0.900. The van der Waals surface area contributed by atoms with Gasteiger partial charge in [-0.3, -0.25) is 14.9 Å². The van der Waals surface area contributed by atoms with E-state index in [9.17, 15) is 20.0 Å². The number of aromatic nitrogens is 4. The molecule has 0 saturated heterocycles. The predicted molar refractivity (Wildman–Crippen MR) is 118 cm³/mol. The molecule has 0 saturated carbocycles. The molecule has 170 valence electrons. The summed E-state index contributed by atoms with van der Waals surface area (Å²) in [6.45, 7) is 5.53. The first-order valence-electron chi connectivity index (χ1n) is 9.91. The number of phenols is 1. The number of allylic oxidation sites excluding steroid dienone is 1. The number of benzene rings is 2. The molecule has 0 aliphatic carbocycles. The lowest BCUT2D eigenvalue weighted by atomic mass is 9.94. The molecular formula is C21H21N7O5. The number of methoxy groups -OCH3 is 1. The first kappa shape index (κ1) is 21.7. The number of nitrogens with one attached hydrogen (secondary N) is 2. The second-order valence-corrected chi connectivity index (χ2v) is 7.56. The minimum atomic E-state index is -0.922. The largest absolute Gasteiger partial charge is 0.500 e. The number of ether oxygens (including phenoxy) is 1. The molecule has 1 aliphatic heterocycles. The van der Waals surface area contributed by atoms with E-state index in [1.165, 1.54) is 23.9 Å². The van der Waals surface area contributed by atoms with E-state index in [-0.39, 0.29) is 22.8 Å².